The number of alkyl halides is 1. The average molecular weight is 222 g/mol. The van der Waals surface area contributed by atoms with Gasteiger partial charge in [0, 0.05) is 4.43 Å². The van der Waals surface area contributed by atoms with Gasteiger partial charge in [0.05, 0.1) is 0 Å². The second-order valence-electron chi connectivity index (χ2n) is 1.73. The van der Waals surface area contributed by atoms with E-state index in [-0.39, 0.29) is 0 Å². The van der Waals surface area contributed by atoms with Gasteiger partial charge in [-0.2, -0.15) is 0 Å². The van der Waals surface area contributed by atoms with Crippen LogP contribution in [0.2, 0.25) is 0 Å². The maximum absolute atomic E-state index is 3.74. The van der Waals surface area contributed by atoms with Crippen LogP contribution >= 0.6 is 22.6 Å². The maximum atomic E-state index is 3.74. The molecule has 0 unspecified atom stereocenters. The van der Waals surface area contributed by atoms with Gasteiger partial charge in [0.1, 0.15) is 0 Å². The van der Waals surface area contributed by atoms with Gasteiger partial charge >= 0.3 is 0 Å². The van der Waals surface area contributed by atoms with Gasteiger partial charge in [-0.1, -0.05) is 46.9 Å². The Balaban J connectivity index is 3.20. The van der Waals surface area contributed by atoms with E-state index in [0.717, 1.165) is 12.0 Å². The molecule has 0 aliphatic heterocycles. The quantitative estimate of drug-likeness (QED) is 0.391. The molecular formula is C7H11I. The van der Waals surface area contributed by atoms with Gasteiger partial charge in [-0.05, 0) is 13.3 Å². The summed E-state index contributed by atoms with van der Waals surface area (Å²) >= 11 is 2.35. The highest BCUT2D eigenvalue weighted by atomic mass is 127. The van der Waals surface area contributed by atoms with Crippen molar-refractivity contribution < 1.29 is 0 Å². The standard InChI is InChI=1S/C7H11I/c1-7(2)5-3-4-6-8/h3,5H,1,4,6H2,2H3. The fraction of sp³-hybridized carbons (Fsp3) is 0.429. The molecule has 0 atom stereocenters. The van der Waals surface area contributed by atoms with E-state index in [1.54, 1.807) is 0 Å². The fourth-order valence-electron chi connectivity index (χ4n) is 0.348. The van der Waals surface area contributed by atoms with Gasteiger partial charge < -0.3 is 0 Å². The molecule has 8 heavy (non-hydrogen) atoms. The highest BCUT2D eigenvalue weighted by Crippen LogP contribution is 1.94. The largest absolute Gasteiger partial charge is 0.0961 e. The van der Waals surface area contributed by atoms with Crippen LogP contribution in [0.25, 0.3) is 0 Å². The van der Waals surface area contributed by atoms with Crippen molar-refractivity contribution >= 4 is 22.6 Å². The summed E-state index contributed by atoms with van der Waals surface area (Å²) in [4.78, 5) is 0. The number of allylic oxidation sites excluding steroid dienone is 3. The van der Waals surface area contributed by atoms with Gasteiger partial charge in [-0.15, -0.1) is 0 Å². The summed E-state index contributed by atoms with van der Waals surface area (Å²) in [6.45, 7) is 5.74. The van der Waals surface area contributed by atoms with Crippen LogP contribution in [0.5, 0.6) is 0 Å². The first-order valence-electron chi connectivity index (χ1n) is 2.65. The molecule has 0 N–H and O–H groups in total. The summed E-state index contributed by atoms with van der Waals surface area (Å²) in [6.07, 6.45) is 5.36. The smallest absolute Gasteiger partial charge is 0.00300 e. The molecule has 0 radical (unpaired) electrons. The topological polar surface area (TPSA) is 0 Å². The van der Waals surface area contributed by atoms with Crippen LogP contribution in [0.4, 0.5) is 0 Å². The summed E-state index contributed by atoms with van der Waals surface area (Å²) in [5.41, 5.74) is 1.13. The van der Waals surface area contributed by atoms with Crippen molar-refractivity contribution in [2.24, 2.45) is 0 Å². The van der Waals surface area contributed by atoms with Crippen LogP contribution in [0, 0.1) is 0 Å². The third-order valence-electron chi connectivity index (χ3n) is 0.678. The zero-order valence-corrected chi connectivity index (χ0v) is 7.31. The van der Waals surface area contributed by atoms with Crippen LogP contribution < -0.4 is 0 Å². The molecular weight excluding hydrogens is 211 g/mol. The molecule has 46 valence electrons. The third-order valence-corrected chi connectivity index (χ3v) is 1.30. The van der Waals surface area contributed by atoms with Crippen LogP contribution in [0.3, 0.4) is 0 Å². The first-order chi connectivity index (χ1) is 3.77. The Morgan fingerprint density at radius 2 is 2.38 bits per heavy atom. The molecule has 0 aliphatic carbocycles. The first kappa shape index (κ1) is 8.21. The highest BCUT2D eigenvalue weighted by Gasteiger charge is 1.73. The fourth-order valence-corrected chi connectivity index (χ4v) is 0.707. The van der Waals surface area contributed by atoms with Gasteiger partial charge in [0.15, 0.2) is 0 Å². The maximum Gasteiger partial charge on any atom is 0.00300 e. The second-order valence-corrected chi connectivity index (χ2v) is 2.81. The normalized spacial score (nSPS) is 10.2. The lowest BCUT2D eigenvalue weighted by Crippen LogP contribution is -1.65. The van der Waals surface area contributed by atoms with E-state index in [1.165, 1.54) is 4.43 Å². The predicted molar refractivity (Wildman–Crippen MR) is 47.5 cm³/mol. The second kappa shape index (κ2) is 5.35. The molecule has 0 bridgehead atoms. The Morgan fingerprint density at radius 3 is 2.75 bits per heavy atom. The SMILES string of the molecule is C=C(C)C=CCCI. The van der Waals surface area contributed by atoms with Crippen molar-refractivity contribution in [3.63, 3.8) is 0 Å². The van der Waals surface area contributed by atoms with Crippen LogP contribution in [-0.4, -0.2) is 4.43 Å². The lowest BCUT2D eigenvalue weighted by Gasteiger charge is -1.82. The van der Waals surface area contributed by atoms with Crippen LogP contribution in [-0.2, 0) is 0 Å². The van der Waals surface area contributed by atoms with Gasteiger partial charge in [-0.3, -0.25) is 0 Å². The summed E-state index contributed by atoms with van der Waals surface area (Å²) < 4.78 is 1.20. The van der Waals surface area contributed by atoms with Crippen molar-refractivity contribution in [3.8, 4) is 0 Å². The molecule has 0 saturated heterocycles. The molecule has 1 heteroatoms. The van der Waals surface area contributed by atoms with E-state index in [0.29, 0.717) is 0 Å². The highest BCUT2D eigenvalue weighted by molar-refractivity contribution is 14.1. The predicted octanol–water partition coefficient (Wildman–Crippen LogP) is 2.94. The minimum Gasteiger partial charge on any atom is -0.0961 e. The monoisotopic (exact) mass is 222 g/mol. The van der Waals surface area contributed by atoms with E-state index < -0.39 is 0 Å². The molecule has 0 fully saturated rings. The summed E-state index contributed by atoms with van der Waals surface area (Å²) in [5, 5.41) is 0. The van der Waals surface area contributed by atoms with E-state index >= 15 is 0 Å². The Hall–Kier alpha value is 0.210. The summed E-state index contributed by atoms with van der Waals surface area (Å²) in [6, 6.07) is 0. The Morgan fingerprint density at radius 1 is 1.75 bits per heavy atom. The van der Waals surface area contributed by atoms with E-state index in [1.807, 2.05) is 6.92 Å². The molecule has 0 nitrogen and oxygen atoms in total. The zero-order valence-electron chi connectivity index (χ0n) is 5.15. The van der Waals surface area contributed by atoms with E-state index in [9.17, 15) is 0 Å². The van der Waals surface area contributed by atoms with Crippen molar-refractivity contribution in [1.29, 1.82) is 0 Å². The summed E-state index contributed by atoms with van der Waals surface area (Å²) in [7, 11) is 0. The van der Waals surface area contributed by atoms with Gasteiger partial charge in [0.2, 0.25) is 0 Å². The minimum absolute atomic E-state index is 1.13. The zero-order chi connectivity index (χ0) is 6.41. The third kappa shape index (κ3) is 6.21. The molecule has 0 heterocycles. The Bertz CT molecular complexity index is 92.6. The molecule has 0 aliphatic rings. The van der Waals surface area contributed by atoms with Crippen molar-refractivity contribution in [3.05, 3.63) is 24.3 Å². The van der Waals surface area contributed by atoms with Crippen molar-refractivity contribution in [1.82, 2.24) is 0 Å². The molecule has 0 rings (SSSR count). The molecule has 0 amide bonds. The molecule has 0 saturated carbocycles. The minimum atomic E-state index is 1.13. The summed E-state index contributed by atoms with van der Waals surface area (Å²) in [5.74, 6) is 0. The molecule has 0 aromatic heterocycles. The average Bonchev–Trinajstić information content (AvgIpc) is 1.66. The first-order valence-corrected chi connectivity index (χ1v) is 4.18. The lowest BCUT2D eigenvalue weighted by molar-refractivity contribution is 1.27. The Labute approximate surface area is 64.8 Å². The van der Waals surface area contributed by atoms with Gasteiger partial charge in [0.25, 0.3) is 0 Å². The van der Waals surface area contributed by atoms with E-state index in [4.69, 9.17) is 0 Å². The van der Waals surface area contributed by atoms with Gasteiger partial charge in [-0.25, -0.2) is 0 Å². The number of halogens is 1. The molecule has 0 spiro atoms. The van der Waals surface area contributed by atoms with Crippen LogP contribution in [0.15, 0.2) is 24.3 Å². The number of hydrogen-bond acceptors (Lipinski definition) is 0. The van der Waals surface area contributed by atoms with Crippen molar-refractivity contribution in [2.45, 2.75) is 13.3 Å². The molecule has 0 aromatic rings. The van der Waals surface area contributed by atoms with Crippen molar-refractivity contribution in [2.75, 3.05) is 4.43 Å². The van der Waals surface area contributed by atoms with Crippen LogP contribution in [0.1, 0.15) is 13.3 Å². The molecule has 0 aromatic carbocycles. The van der Waals surface area contributed by atoms with E-state index in [2.05, 4.69) is 41.3 Å². The number of rotatable bonds is 3. The Kier molecular flexibility index (Phi) is 5.49. The lowest BCUT2D eigenvalue weighted by atomic mass is 10.3. The number of hydrogen-bond donors (Lipinski definition) is 0.